The molecule has 0 saturated carbocycles. The maximum atomic E-state index is 12.5. The fourth-order valence-electron chi connectivity index (χ4n) is 1.85. The maximum absolute atomic E-state index is 12.5. The molecule has 1 aliphatic heterocycles. The molecule has 3 rings (SSSR count). The Morgan fingerprint density at radius 3 is 2.45 bits per heavy atom. The van der Waals surface area contributed by atoms with Gasteiger partial charge in [-0.25, -0.2) is 4.68 Å². The number of hydrogen-bond donors (Lipinski definition) is 1. The van der Waals surface area contributed by atoms with E-state index in [0.717, 1.165) is 25.2 Å². The molecule has 1 aromatic heterocycles. The van der Waals surface area contributed by atoms with Crippen LogP contribution in [-0.2, 0) is 6.18 Å². The lowest BCUT2D eigenvalue weighted by atomic mass is 10.2. The lowest BCUT2D eigenvalue weighted by molar-refractivity contribution is -0.137. The monoisotopic (exact) mass is 283 g/mol. The molecule has 106 valence electrons. The van der Waals surface area contributed by atoms with Crippen LogP contribution < -0.4 is 10.1 Å². The van der Waals surface area contributed by atoms with Crippen molar-refractivity contribution >= 4 is 0 Å². The normalized spacial score (nSPS) is 15.9. The van der Waals surface area contributed by atoms with Gasteiger partial charge in [0.1, 0.15) is 6.10 Å². The van der Waals surface area contributed by atoms with Gasteiger partial charge in [-0.2, -0.15) is 18.3 Å². The zero-order chi connectivity index (χ0) is 14.2. The number of hydrogen-bond acceptors (Lipinski definition) is 3. The van der Waals surface area contributed by atoms with Crippen molar-refractivity contribution in [2.45, 2.75) is 12.3 Å². The fraction of sp³-hybridized carbons (Fsp3) is 0.308. The van der Waals surface area contributed by atoms with Crippen molar-refractivity contribution < 1.29 is 17.9 Å². The number of alkyl halides is 3. The van der Waals surface area contributed by atoms with E-state index in [1.807, 2.05) is 0 Å². The molecule has 0 spiro atoms. The minimum atomic E-state index is -4.33. The van der Waals surface area contributed by atoms with Crippen molar-refractivity contribution in [1.29, 1.82) is 0 Å². The number of rotatable bonds is 3. The zero-order valence-electron chi connectivity index (χ0n) is 10.4. The fourth-order valence-corrected chi connectivity index (χ4v) is 1.85. The number of nitrogens with zero attached hydrogens (tertiary/aromatic N) is 2. The molecule has 1 saturated heterocycles. The van der Waals surface area contributed by atoms with Crippen LogP contribution in [0.3, 0.4) is 0 Å². The Balaban J connectivity index is 1.75. The van der Waals surface area contributed by atoms with Crippen LogP contribution in [0.5, 0.6) is 5.75 Å². The molecule has 0 aliphatic carbocycles. The van der Waals surface area contributed by atoms with Crippen LogP contribution in [0.15, 0.2) is 36.7 Å². The highest BCUT2D eigenvalue weighted by molar-refractivity contribution is 5.36. The largest absolute Gasteiger partial charge is 0.484 e. The zero-order valence-corrected chi connectivity index (χ0v) is 10.4. The second kappa shape index (κ2) is 4.82. The second-order valence-corrected chi connectivity index (χ2v) is 4.56. The molecule has 2 aromatic rings. The van der Waals surface area contributed by atoms with Crippen molar-refractivity contribution in [2.24, 2.45) is 0 Å². The van der Waals surface area contributed by atoms with Crippen molar-refractivity contribution in [3.8, 4) is 11.4 Å². The number of aromatic nitrogens is 2. The van der Waals surface area contributed by atoms with Crippen LogP contribution in [0.2, 0.25) is 0 Å². The molecule has 0 amide bonds. The molecule has 2 heterocycles. The molecule has 1 aliphatic rings. The molecule has 0 radical (unpaired) electrons. The molecule has 0 bridgehead atoms. The molecule has 20 heavy (non-hydrogen) atoms. The van der Waals surface area contributed by atoms with Crippen LogP contribution in [0.1, 0.15) is 5.56 Å². The summed E-state index contributed by atoms with van der Waals surface area (Å²) in [5, 5.41) is 7.16. The van der Waals surface area contributed by atoms with Gasteiger partial charge in [-0.1, -0.05) is 0 Å². The third kappa shape index (κ3) is 2.62. The third-order valence-corrected chi connectivity index (χ3v) is 3.06. The minimum Gasteiger partial charge on any atom is -0.484 e. The Morgan fingerprint density at radius 2 is 1.90 bits per heavy atom. The molecule has 1 aromatic carbocycles. The lowest BCUT2D eigenvalue weighted by Crippen LogP contribution is -2.50. The van der Waals surface area contributed by atoms with E-state index >= 15 is 0 Å². The van der Waals surface area contributed by atoms with E-state index in [-0.39, 0.29) is 6.10 Å². The van der Waals surface area contributed by atoms with Crippen LogP contribution in [-0.4, -0.2) is 29.0 Å². The van der Waals surface area contributed by atoms with E-state index in [4.69, 9.17) is 4.74 Å². The van der Waals surface area contributed by atoms with Crippen molar-refractivity contribution in [1.82, 2.24) is 15.1 Å². The first-order chi connectivity index (χ1) is 9.52. The van der Waals surface area contributed by atoms with Gasteiger partial charge in [0, 0.05) is 13.1 Å². The number of halogens is 3. The summed E-state index contributed by atoms with van der Waals surface area (Å²) in [6.45, 7) is 1.59. The van der Waals surface area contributed by atoms with Gasteiger partial charge >= 0.3 is 6.18 Å². The number of benzene rings is 1. The summed E-state index contributed by atoms with van der Waals surface area (Å²) in [6, 6.07) is 4.83. The Bertz CT molecular complexity index is 588. The number of nitrogens with one attached hydrogen (secondary N) is 1. The molecule has 4 nitrogen and oxygen atoms in total. The van der Waals surface area contributed by atoms with E-state index in [2.05, 4.69) is 10.4 Å². The van der Waals surface area contributed by atoms with Gasteiger partial charge in [-0.15, -0.1) is 0 Å². The van der Waals surface area contributed by atoms with Crippen LogP contribution in [0.4, 0.5) is 13.2 Å². The van der Waals surface area contributed by atoms with Gasteiger partial charge < -0.3 is 10.1 Å². The third-order valence-electron chi connectivity index (χ3n) is 3.06. The van der Waals surface area contributed by atoms with Crippen LogP contribution in [0.25, 0.3) is 5.69 Å². The van der Waals surface area contributed by atoms with Crippen LogP contribution >= 0.6 is 0 Å². The topological polar surface area (TPSA) is 39.1 Å². The summed E-state index contributed by atoms with van der Waals surface area (Å²) in [7, 11) is 0. The average Bonchev–Trinajstić information content (AvgIpc) is 2.82. The Kier molecular flexibility index (Phi) is 3.13. The maximum Gasteiger partial charge on any atom is 0.416 e. The van der Waals surface area contributed by atoms with Crippen molar-refractivity contribution in [3.05, 3.63) is 42.2 Å². The molecular weight excluding hydrogens is 271 g/mol. The summed E-state index contributed by atoms with van der Waals surface area (Å²) in [5.41, 5.74) is -0.120. The highest BCUT2D eigenvalue weighted by Gasteiger charge is 2.30. The molecule has 1 N–H and O–H groups in total. The first kappa shape index (κ1) is 13.0. The van der Waals surface area contributed by atoms with Crippen LogP contribution in [0, 0.1) is 0 Å². The molecule has 0 unspecified atom stereocenters. The summed E-state index contributed by atoms with van der Waals surface area (Å²) >= 11 is 0. The first-order valence-corrected chi connectivity index (χ1v) is 6.12. The standard InChI is InChI=1S/C13H12F3N3O/c14-13(15,16)9-1-3-10(4-2-9)19-8-12(7-18-19)20-11-5-17-6-11/h1-4,7-8,11,17H,5-6H2. The summed E-state index contributed by atoms with van der Waals surface area (Å²) in [5.74, 6) is 0.608. The van der Waals surface area contributed by atoms with Gasteiger partial charge in [-0.3, -0.25) is 0 Å². The quantitative estimate of drug-likeness (QED) is 0.939. The predicted molar refractivity (Wildman–Crippen MR) is 65.9 cm³/mol. The Hall–Kier alpha value is -2.02. The Labute approximate surface area is 113 Å². The highest BCUT2D eigenvalue weighted by Crippen LogP contribution is 2.29. The van der Waals surface area contributed by atoms with Gasteiger partial charge in [0.2, 0.25) is 0 Å². The van der Waals surface area contributed by atoms with E-state index in [1.54, 1.807) is 12.4 Å². The van der Waals surface area contributed by atoms with Gasteiger partial charge in [0.25, 0.3) is 0 Å². The van der Waals surface area contributed by atoms with E-state index in [0.29, 0.717) is 11.4 Å². The predicted octanol–water partition coefficient (Wildman–Crippen LogP) is 2.24. The van der Waals surface area contributed by atoms with Crippen molar-refractivity contribution in [2.75, 3.05) is 13.1 Å². The minimum absolute atomic E-state index is 0.139. The SMILES string of the molecule is FC(F)(F)c1ccc(-n2cc(OC3CNC3)cn2)cc1. The van der Waals surface area contributed by atoms with Gasteiger partial charge in [0.15, 0.2) is 5.75 Å². The van der Waals surface area contributed by atoms with Gasteiger partial charge in [0.05, 0.1) is 23.6 Å². The summed E-state index contributed by atoms with van der Waals surface area (Å²) in [6.07, 6.45) is -0.981. The van der Waals surface area contributed by atoms with E-state index < -0.39 is 11.7 Å². The highest BCUT2D eigenvalue weighted by atomic mass is 19.4. The summed E-state index contributed by atoms with van der Waals surface area (Å²) in [4.78, 5) is 0. The van der Waals surface area contributed by atoms with Gasteiger partial charge in [-0.05, 0) is 24.3 Å². The second-order valence-electron chi connectivity index (χ2n) is 4.56. The molecule has 0 atom stereocenters. The van der Waals surface area contributed by atoms with E-state index in [1.165, 1.54) is 16.8 Å². The molecular formula is C13H12F3N3O. The van der Waals surface area contributed by atoms with E-state index in [9.17, 15) is 13.2 Å². The molecule has 1 fully saturated rings. The first-order valence-electron chi connectivity index (χ1n) is 6.12. The average molecular weight is 283 g/mol. The lowest BCUT2D eigenvalue weighted by Gasteiger charge is -2.26. The summed E-state index contributed by atoms with van der Waals surface area (Å²) < 4.78 is 44.5. The van der Waals surface area contributed by atoms with Crippen molar-refractivity contribution in [3.63, 3.8) is 0 Å². The molecule has 7 heteroatoms. The number of ether oxygens (including phenoxy) is 1. The smallest absolute Gasteiger partial charge is 0.416 e. The Morgan fingerprint density at radius 1 is 1.20 bits per heavy atom.